The average molecular weight is 979 g/mol. The zero-order valence-corrected chi connectivity index (χ0v) is 41.0. The smallest absolute Gasteiger partial charge is 0.310 e. The van der Waals surface area contributed by atoms with Crippen molar-refractivity contribution in [2.75, 3.05) is 63.4 Å². The van der Waals surface area contributed by atoms with Crippen molar-refractivity contribution in [2.45, 2.75) is 108 Å². The van der Waals surface area contributed by atoms with Crippen LogP contribution in [0.4, 0.5) is 0 Å². The summed E-state index contributed by atoms with van der Waals surface area (Å²) in [6.45, 7) is -0.0356. The standard InChI is InChI=1S/C49H62N4O17/c1-63-41(55)13-9-27-25-53(26-54)49(34(27)20-48(62)70-8)23-39-30(12-16-44(58)66-4)32(18-46(60)68-6)38(52-39)21-35-28(10-14-42(56)64-2)31(17-45(59)67-5)37(50-35)22-36-29(11-15-43(57)65-3)33(19-47(61)69-7)40(24-49)51-36/h26,50-52H,9-25H2,1-8H3. The number of aromatic nitrogens is 3. The highest BCUT2D eigenvalue weighted by atomic mass is 16.5. The molecule has 0 aromatic carbocycles. The topological polar surface area (TPSA) is 278 Å². The largest absolute Gasteiger partial charge is 0.469 e. The molecule has 21 heteroatoms. The molecule has 2 aliphatic heterocycles. The minimum atomic E-state index is -1.50. The van der Waals surface area contributed by atoms with Crippen LogP contribution in [0.1, 0.15) is 106 Å². The second-order valence-electron chi connectivity index (χ2n) is 17.0. The molecule has 3 N–H and O–H groups in total. The Bertz CT molecular complexity index is 2530. The normalized spacial score (nSPS) is 15.2. The number of H-pyrrole nitrogens is 3. The summed E-state index contributed by atoms with van der Waals surface area (Å²) in [6, 6.07) is 0. The molecule has 1 spiro atoms. The average Bonchev–Trinajstić information content (AvgIpc) is 4.04. The summed E-state index contributed by atoms with van der Waals surface area (Å²) in [5.41, 5.74) is 5.56. The third-order valence-electron chi connectivity index (χ3n) is 13.3. The van der Waals surface area contributed by atoms with E-state index in [-0.39, 0.29) is 109 Å². The Balaban J connectivity index is 2.00. The first kappa shape index (κ1) is 53.8. The number of rotatable bonds is 21. The predicted octanol–water partition coefficient (Wildman–Crippen LogP) is 2.44. The lowest BCUT2D eigenvalue weighted by Crippen LogP contribution is -2.50. The summed E-state index contributed by atoms with van der Waals surface area (Å²) in [6.07, 6.45) is -0.764. The van der Waals surface area contributed by atoms with Crippen molar-refractivity contribution >= 4 is 54.2 Å². The Morgan fingerprint density at radius 3 is 1.10 bits per heavy atom. The van der Waals surface area contributed by atoms with E-state index in [0.717, 1.165) is 0 Å². The lowest BCUT2D eigenvalue weighted by molar-refractivity contribution is -0.141. The van der Waals surface area contributed by atoms with E-state index >= 15 is 0 Å². The monoisotopic (exact) mass is 978 g/mol. The highest BCUT2D eigenvalue weighted by molar-refractivity contribution is 5.78. The number of nitrogens with zero attached hydrogens (tertiary/aromatic N) is 1. The van der Waals surface area contributed by atoms with E-state index in [1.165, 1.54) is 61.8 Å². The van der Waals surface area contributed by atoms with E-state index in [1.54, 1.807) is 0 Å². The fourth-order valence-corrected chi connectivity index (χ4v) is 9.78. The third-order valence-corrected chi connectivity index (χ3v) is 13.3. The maximum atomic E-state index is 13.7. The first-order valence-corrected chi connectivity index (χ1v) is 22.7. The van der Waals surface area contributed by atoms with Crippen LogP contribution < -0.4 is 0 Å². The number of amides is 1. The first-order valence-electron chi connectivity index (χ1n) is 22.7. The van der Waals surface area contributed by atoms with Crippen LogP contribution in [0.2, 0.25) is 0 Å². The zero-order chi connectivity index (χ0) is 51.3. The molecule has 0 aliphatic carbocycles. The van der Waals surface area contributed by atoms with Crippen LogP contribution in [-0.2, 0) is 145 Å². The number of carbonyl (C=O) groups excluding carboxylic acids is 9. The summed E-state index contributed by atoms with van der Waals surface area (Å²) in [4.78, 5) is 131. The van der Waals surface area contributed by atoms with Gasteiger partial charge in [0.15, 0.2) is 0 Å². The van der Waals surface area contributed by atoms with Gasteiger partial charge in [0.25, 0.3) is 0 Å². The summed E-state index contributed by atoms with van der Waals surface area (Å²) >= 11 is 0. The number of fused-ring (bicyclic) bond motifs is 6. The molecule has 1 atom stereocenters. The van der Waals surface area contributed by atoms with Gasteiger partial charge >= 0.3 is 47.8 Å². The van der Waals surface area contributed by atoms with E-state index in [1.807, 2.05) is 0 Å². The molecule has 1 amide bonds. The molecule has 1 unspecified atom stereocenters. The number of esters is 8. The Morgan fingerprint density at radius 1 is 0.429 bits per heavy atom. The van der Waals surface area contributed by atoms with Crippen LogP contribution in [0.15, 0.2) is 11.1 Å². The van der Waals surface area contributed by atoms with Gasteiger partial charge in [-0.05, 0) is 70.2 Å². The lowest BCUT2D eigenvalue weighted by atomic mass is 9.77. The minimum Gasteiger partial charge on any atom is -0.469 e. The van der Waals surface area contributed by atoms with Gasteiger partial charge in [-0.25, -0.2) is 0 Å². The Hall–Kier alpha value is -7.19. The van der Waals surface area contributed by atoms with E-state index in [4.69, 9.17) is 37.9 Å². The van der Waals surface area contributed by atoms with Gasteiger partial charge in [-0.15, -0.1) is 0 Å². The molecule has 5 rings (SSSR count). The first-order chi connectivity index (χ1) is 33.5. The predicted molar refractivity (Wildman–Crippen MR) is 244 cm³/mol. The molecule has 380 valence electrons. The molecule has 0 saturated heterocycles. The molecule has 3 aromatic heterocycles. The second-order valence-corrected chi connectivity index (χ2v) is 17.0. The molecule has 0 fully saturated rings. The number of carbonyl (C=O) groups is 9. The highest BCUT2D eigenvalue weighted by Crippen LogP contribution is 2.45. The molecular weight excluding hydrogens is 917 g/mol. The number of nitrogens with one attached hydrogen (secondary N) is 3. The fourth-order valence-electron chi connectivity index (χ4n) is 9.78. The van der Waals surface area contributed by atoms with Gasteiger partial charge in [0, 0.05) is 92.1 Å². The molecule has 70 heavy (non-hydrogen) atoms. The summed E-state index contributed by atoms with van der Waals surface area (Å²) in [5.74, 6) is -4.62. The third kappa shape index (κ3) is 12.3. The van der Waals surface area contributed by atoms with E-state index in [0.29, 0.717) is 85.1 Å². The van der Waals surface area contributed by atoms with E-state index < -0.39 is 53.3 Å². The van der Waals surface area contributed by atoms with E-state index in [9.17, 15) is 43.2 Å². The molecule has 2 aliphatic rings. The van der Waals surface area contributed by atoms with Crippen LogP contribution in [0.5, 0.6) is 0 Å². The molecular formula is C49H62N4O17. The van der Waals surface area contributed by atoms with Crippen molar-refractivity contribution in [1.82, 2.24) is 19.9 Å². The van der Waals surface area contributed by atoms with Gasteiger partial charge in [0.1, 0.15) is 0 Å². The Morgan fingerprint density at radius 2 is 0.729 bits per heavy atom. The minimum absolute atomic E-state index is 0.0317. The highest BCUT2D eigenvalue weighted by Gasteiger charge is 2.49. The number of methoxy groups -OCH3 is 8. The summed E-state index contributed by atoms with van der Waals surface area (Å²) in [7, 11) is 9.97. The van der Waals surface area contributed by atoms with Crippen LogP contribution in [0.25, 0.3) is 0 Å². The Kier molecular flexibility index (Phi) is 18.7. The van der Waals surface area contributed by atoms with Crippen molar-refractivity contribution in [1.29, 1.82) is 0 Å². The Labute approximate surface area is 404 Å². The van der Waals surface area contributed by atoms with Gasteiger partial charge in [0.2, 0.25) is 6.41 Å². The lowest BCUT2D eigenvalue weighted by Gasteiger charge is -2.39. The molecule has 5 heterocycles. The number of hydrogen-bond donors (Lipinski definition) is 3. The van der Waals surface area contributed by atoms with Crippen molar-refractivity contribution in [2.24, 2.45) is 0 Å². The van der Waals surface area contributed by atoms with Crippen molar-refractivity contribution in [3.63, 3.8) is 0 Å². The molecule has 21 nitrogen and oxygen atoms in total. The van der Waals surface area contributed by atoms with Crippen LogP contribution in [-0.4, -0.2) is 143 Å². The van der Waals surface area contributed by atoms with Gasteiger partial charge < -0.3 is 57.7 Å². The number of aromatic amines is 3. The summed E-state index contributed by atoms with van der Waals surface area (Å²) < 4.78 is 40.9. The summed E-state index contributed by atoms with van der Waals surface area (Å²) in [5, 5.41) is 0. The zero-order valence-electron chi connectivity index (χ0n) is 41.0. The van der Waals surface area contributed by atoms with Crippen LogP contribution in [0, 0.1) is 0 Å². The number of ether oxygens (including phenoxy) is 8. The van der Waals surface area contributed by atoms with Crippen LogP contribution in [0.3, 0.4) is 0 Å². The van der Waals surface area contributed by atoms with Gasteiger partial charge in [0.05, 0.1) is 88.1 Å². The fraction of sp³-hybridized carbons (Fsp3) is 0.531. The number of hydrogen-bond acceptors (Lipinski definition) is 17. The van der Waals surface area contributed by atoms with Crippen molar-refractivity contribution in [3.05, 3.63) is 78.7 Å². The molecule has 3 aromatic rings. The van der Waals surface area contributed by atoms with Gasteiger partial charge in [-0.1, -0.05) is 0 Å². The SMILES string of the molecule is COC(=O)CCC1=C(CC(=O)OC)C2(Cc3[nH]c(c(CC(=O)OC)c3CCC(=O)OC)Cc3[nH]c(c(CC(=O)OC)c3CCC(=O)OC)Cc3[nH]c(c(CC(=O)OC)c3CCC(=O)OC)C2)N(C=O)C1. The van der Waals surface area contributed by atoms with Gasteiger partial charge in [-0.3, -0.25) is 43.2 Å². The van der Waals surface area contributed by atoms with Crippen molar-refractivity contribution in [3.8, 4) is 0 Å². The van der Waals surface area contributed by atoms with Crippen LogP contribution >= 0.6 is 0 Å². The van der Waals surface area contributed by atoms with E-state index in [2.05, 4.69) is 15.0 Å². The maximum absolute atomic E-state index is 13.7. The second kappa shape index (κ2) is 24.4. The van der Waals surface area contributed by atoms with Gasteiger partial charge in [-0.2, -0.15) is 0 Å². The molecule has 0 saturated carbocycles. The maximum Gasteiger partial charge on any atom is 0.310 e. The molecule has 0 radical (unpaired) electrons. The molecule has 6 bridgehead atoms. The van der Waals surface area contributed by atoms with Crippen molar-refractivity contribution < 1.29 is 81.0 Å². The quantitative estimate of drug-likeness (QED) is 0.0598.